The molecule has 1 N–H and O–H groups in total. The highest BCUT2D eigenvalue weighted by Gasteiger charge is 2.19. The van der Waals surface area contributed by atoms with Crippen molar-refractivity contribution in [2.45, 2.75) is 6.10 Å². The lowest BCUT2D eigenvalue weighted by atomic mass is 10.1. The zero-order valence-electron chi connectivity index (χ0n) is 9.59. The number of aryl methyl sites for hydroxylation is 1. The van der Waals surface area contributed by atoms with E-state index in [1.54, 1.807) is 49.3 Å². The van der Waals surface area contributed by atoms with Crippen LogP contribution in [0.2, 0.25) is 5.02 Å². The quantitative estimate of drug-likeness (QED) is 0.911. The van der Waals surface area contributed by atoms with Gasteiger partial charge < -0.3 is 9.84 Å². The van der Waals surface area contributed by atoms with E-state index in [-0.39, 0.29) is 0 Å². The molecule has 0 bridgehead atoms. The van der Waals surface area contributed by atoms with Crippen LogP contribution in [0.1, 0.15) is 17.4 Å². The predicted octanol–water partition coefficient (Wildman–Crippen LogP) is 2.16. The van der Waals surface area contributed by atoms with Crippen molar-refractivity contribution in [1.82, 2.24) is 9.78 Å². The molecule has 0 aliphatic carbocycles. The van der Waals surface area contributed by atoms with Crippen LogP contribution in [0, 0.1) is 0 Å². The summed E-state index contributed by atoms with van der Waals surface area (Å²) in [4.78, 5) is 0. The monoisotopic (exact) mass is 252 g/mol. The van der Waals surface area contributed by atoms with Crippen LogP contribution in [-0.4, -0.2) is 22.0 Å². The Balaban J connectivity index is 2.39. The van der Waals surface area contributed by atoms with E-state index >= 15 is 0 Å². The SMILES string of the molecule is COc1cnn(C)c1C(O)c1ccc(Cl)cc1. The van der Waals surface area contributed by atoms with Gasteiger partial charge in [-0.1, -0.05) is 23.7 Å². The lowest BCUT2D eigenvalue weighted by Gasteiger charge is -2.13. The Morgan fingerprint density at radius 3 is 2.59 bits per heavy atom. The minimum absolute atomic E-state index is 0.565. The largest absolute Gasteiger partial charge is 0.493 e. The third-order valence-corrected chi connectivity index (χ3v) is 2.87. The molecule has 1 heterocycles. The van der Waals surface area contributed by atoms with Crippen LogP contribution in [0.3, 0.4) is 0 Å². The number of aliphatic hydroxyl groups excluding tert-OH is 1. The number of halogens is 1. The number of aromatic nitrogens is 2. The first-order valence-electron chi connectivity index (χ1n) is 5.13. The number of ether oxygens (including phenoxy) is 1. The van der Waals surface area contributed by atoms with E-state index in [0.717, 1.165) is 5.56 Å². The van der Waals surface area contributed by atoms with E-state index < -0.39 is 6.10 Å². The molecule has 1 aromatic carbocycles. The Morgan fingerprint density at radius 1 is 1.35 bits per heavy atom. The van der Waals surface area contributed by atoms with Crippen molar-refractivity contribution in [2.24, 2.45) is 7.05 Å². The summed E-state index contributed by atoms with van der Waals surface area (Å²) in [6.07, 6.45) is 0.795. The molecule has 0 fully saturated rings. The maximum atomic E-state index is 10.3. The highest BCUT2D eigenvalue weighted by atomic mass is 35.5. The molecule has 0 saturated heterocycles. The summed E-state index contributed by atoms with van der Waals surface area (Å²) in [5.74, 6) is 0.565. The maximum Gasteiger partial charge on any atom is 0.162 e. The molecule has 17 heavy (non-hydrogen) atoms. The summed E-state index contributed by atoms with van der Waals surface area (Å²) in [5, 5.41) is 15.0. The Kier molecular flexibility index (Phi) is 3.36. The second-order valence-electron chi connectivity index (χ2n) is 3.68. The molecule has 0 aliphatic heterocycles. The van der Waals surface area contributed by atoms with Gasteiger partial charge in [-0.3, -0.25) is 4.68 Å². The summed E-state index contributed by atoms with van der Waals surface area (Å²) in [6.45, 7) is 0. The number of hydrogen-bond donors (Lipinski definition) is 1. The Morgan fingerprint density at radius 2 is 2.00 bits per heavy atom. The molecule has 0 saturated carbocycles. The first-order valence-corrected chi connectivity index (χ1v) is 5.50. The first-order chi connectivity index (χ1) is 8.13. The Labute approximate surface area is 104 Å². The zero-order valence-corrected chi connectivity index (χ0v) is 10.3. The molecule has 4 nitrogen and oxygen atoms in total. The van der Waals surface area contributed by atoms with Crippen molar-refractivity contribution >= 4 is 11.6 Å². The third-order valence-electron chi connectivity index (χ3n) is 2.61. The molecule has 1 atom stereocenters. The fourth-order valence-electron chi connectivity index (χ4n) is 1.70. The van der Waals surface area contributed by atoms with Crippen LogP contribution in [0.5, 0.6) is 5.75 Å². The molecular weight excluding hydrogens is 240 g/mol. The first kappa shape index (κ1) is 12.0. The molecule has 0 radical (unpaired) electrons. The average Bonchev–Trinajstić information content (AvgIpc) is 2.70. The van der Waals surface area contributed by atoms with Gasteiger partial charge in [0.25, 0.3) is 0 Å². The van der Waals surface area contributed by atoms with Crippen molar-refractivity contribution < 1.29 is 9.84 Å². The van der Waals surface area contributed by atoms with Gasteiger partial charge in [-0.25, -0.2) is 0 Å². The minimum atomic E-state index is -0.783. The molecule has 2 rings (SSSR count). The van der Waals surface area contributed by atoms with Gasteiger partial charge in [-0.2, -0.15) is 5.10 Å². The van der Waals surface area contributed by atoms with E-state index in [2.05, 4.69) is 5.10 Å². The Hall–Kier alpha value is -1.52. The van der Waals surface area contributed by atoms with Crippen molar-refractivity contribution in [3.05, 3.63) is 46.7 Å². The van der Waals surface area contributed by atoms with Gasteiger partial charge in [0.1, 0.15) is 11.8 Å². The molecule has 0 amide bonds. The van der Waals surface area contributed by atoms with Crippen molar-refractivity contribution in [3.8, 4) is 5.75 Å². The van der Waals surface area contributed by atoms with Gasteiger partial charge in [0, 0.05) is 12.1 Å². The van der Waals surface area contributed by atoms with Crippen LogP contribution in [-0.2, 0) is 7.05 Å². The van der Waals surface area contributed by atoms with Crippen molar-refractivity contribution in [2.75, 3.05) is 7.11 Å². The van der Waals surface area contributed by atoms with Gasteiger partial charge in [-0.15, -0.1) is 0 Å². The molecule has 2 aromatic rings. The number of benzene rings is 1. The second-order valence-corrected chi connectivity index (χ2v) is 4.11. The maximum absolute atomic E-state index is 10.3. The number of rotatable bonds is 3. The Bertz CT molecular complexity index is 508. The summed E-state index contributed by atoms with van der Waals surface area (Å²) in [7, 11) is 3.31. The van der Waals surface area contributed by atoms with Gasteiger partial charge in [0.05, 0.1) is 13.3 Å². The molecule has 90 valence electrons. The highest BCUT2D eigenvalue weighted by molar-refractivity contribution is 6.30. The summed E-state index contributed by atoms with van der Waals surface area (Å²) < 4.78 is 6.76. The fourth-order valence-corrected chi connectivity index (χ4v) is 1.82. The van der Waals surface area contributed by atoms with Crippen LogP contribution < -0.4 is 4.74 Å². The van der Waals surface area contributed by atoms with E-state index in [0.29, 0.717) is 16.5 Å². The fraction of sp³-hybridized carbons (Fsp3) is 0.250. The van der Waals surface area contributed by atoms with Crippen molar-refractivity contribution in [3.63, 3.8) is 0 Å². The van der Waals surface area contributed by atoms with Gasteiger partial charge in [0.15, 0.2) is 5.75 Å². The highest BCUT2D eigenvalue weighted by Crippen LogP contribution is 2.29. The minimum Gasteiger partial charge on any atom is -0.493 e. The van der Waals surface area contributed by atoms with E-state index in [9.17, 15) is 5.11 Å². The van der Waals surface area contributed by atoms with Gasteiger partial charge in [0.2, 0.25) is 0 Å². The van der Waals surface area contributed by atoms with E-state index in [4.69, 9.17) is 16.3 Å². The summed E-state index contributed by atoms with van der Waals surface area (Å²) in [6, 6.07) is 7.03. The van der Waals surface area contributed by atoms with E-state index in [1.165, 1.54) is 0 Å². The predicted molar refractivity (Wildman–Crippen MR) is 65.3 cm³/mol. The molecule has 1 unspecified atom stereocenters. The standard InChI is InChI=1S/C12H13ClN2O2/c1-15-11(10(17-2)7-14-15)12(16)8-3-5-9(13)6-4-8/h3-7,12,16H,1-2H3. The molecule has 5 heteroatoms. The molecule has 1 aromatic heterocycles. The average molecular weight is 253 g/mol. The van der Waals surface area contributed by atoms with Gasteiger partial charge >= 0.3 is 0 Å². The van der Waals surface area contributed by atoms with Crippen LogP contribution in [0.4, 0.5) is 0 Å². The number of nitrogens with zero attached hydrogens (tertiary/aromatic N) is 2. The van der Waals surface area contributed by atoms with Crippen LogP contribution in [0.15, 0.2) is 30.5 Å². The number of hydrogen-bond acceptors (Lipinski definition) is 3. The number of methoxy groups -OCH3 is 1. The second kappa shape index (κ2) is 4.77. The lowest BCUT2D eigenvalue weighted by molar-refractivity contribution is 0.204. The lowest BCUT2D eigenvalue weighted by Crippen LogP contribution is -2.07. The topological polar surface area (TPSA) is 47.3 Å². The van der Waals surface area contributed by atoms with Crippen molar-refractivity contribution in [1.29, 1.82) is 0 Å². The number of aliphatic hydroxyl groups is 1. The summed E-state index contributed by atoms with van der Waals surface area (Å²) >= 11 is 5.81. The molecule has 0 aliphatic rings. The van der Waals surface area contributed by atoms with Crippen LogP contribution in [0.25, 0.3) is 0 Å². The van der Waals surface area contributed by atoms with Crippen LogP contribution >= 0.6 is 11.6 Å². The smallest absolute Gasteiger partial charge is 0.162 e. The zero-order chi connectivity index (χ0) is 12.4. The molecular formula is C12H13ClN2O2. The third kappa shape index (κ3) is 2.28. The van der Waals surface area contributed by atoms with Gasteiger partial charge in [-0.05, 0) is 17.7 Å². The van der Waals surface area contributed by atoms with E-state index in [1.807, 2.05) is 0 Å². The summed E-state index contributed by atoms with van der Waals surface area (Å²) in [5.41, 5.74) is 1.37. The molecule has 0 spiro atoms. The normalized spacial score (nSPS) is 12.5.